The van der Waals surface area contributed by atoms with Gasteiger partial charge in [0.25, 0.3) is 0 Å². The highest BCUT2D eigenvalue weighted by Crippen LogP contribution is 2.48. The molecule has 1 aromatic rings. The first-order valence-corrected chi connectivity index (χ1v) is 4.74. The van der Waals surface area contributed by atoms with E-state index >= 15 is 0 Å². The van der Waals surface area contributed by atoms with Crippen LogP contribution >= 0.6 is 0 Å². The number of Topliss-reactive ketones (excluding diaryl/α,β-unsaturated/α-hetero) is 1. The Morgan fingerprint density at radius 3 is 3.08 bits per heavy atom. The molecular weight excluding hydrogens is 164 g/mol. The Hall–Kier alpha value is -1.12. The van der Waals surface area contributed by atoms with Crippen molar-refractivity contribution in [1.29, 1.82) is 0 Å². The molecule has 0 amide bonds. The van der Waals surface area contributed by atoms with E-state index in [1.807, 2.05) is 24.7 Å². The molecule has 70 valence electrons. The zero-order chi connectivity index (χ0) is 9.42. The second-order valence-electron chi connectivity index (χ2n) is 3.65. The Balaban J connectivity index is 2.08. The third-order valence-corrected chi connectivity index (χ3v) is 2.79. The summed E-state index contributed by atoms with van der Waals surface area (Å²) in [6.07, 6.45) is 3.48. The molecule has 1 aromatic heterocycles. The quantitative estimate of drug-likeness (QED) is 0.703. The largest absolute Gasteiger partial charge is 0.299 e. The Morgan fingerprint density at radius 2 is 2.54 bits per heavy atom. The molecule has 0 bridgehead atoms. The fourth-order valence-electron chi connectivity index (χ4n) is 1.89. The monoisotopic (exact) mass is 178 g/mol. The van der Waals surface area contributed by atoms with Crippen molar-refractivity contribution in [2.45, 2.75) is 25.7 Å². The lowest BCUT2D eigenvalue weighted by atomic mass is 10.1. The molecule has 3 heteroatoms. The van der Waals surface area contributed by atoms with E-state index in [0.717, 1.165) is 6.42 Å². The molecule has 1 aliphatic rings. The van der Waals surface area contributed by atoms with Crippen molar-refractivity contribution in [1.82, 2.24) is 9.78 Å². The summed E-state index contributed by atoms with van der Waals surface area (Å²) in [6.45, 7) is 1.93. The van der Waals surface area contributed by atoms with Crippen LogP contribution in [0.5, 0.6) is 0 Å². The number of aryl methyl sites for hydroxylation is 1. The van der Waals surface area contributed by atoms with Gasteiger partial charge >= 0.3 is 0 Å². The van der Waals surface area contributed by atoms with Crippen molar-refractivity contribution in [2.75, 3.05) is 0 Å². The van der Waals surface area contributed by atoms with E-state index in [2.05, 4.69) is 5.10 Å². The number of aromatic nitrogens is 2. The third-order valence-electron chi connectivity index (χ3n) is 2.79. The van der Waals surface area contributed by atoms with Crippen molar-refractivity contribution in [2.24, 2.45) is 13.0 Å². The lowest BCUT2D eigenvalue weighted by molar-refractivity contribution is -0.120. The maximum absolute atomic E-state index is 11.4. The lowest BCUT2D eigenvalue weighted by Crippen LogP contribution is -2.02. The first-order valence-electron chi connectivity index (χ1n) is 4.74. The molecule has 0 radical (unpaired) electrons. The van der Waals surface area contributed by atoms with E-state index in [1.54, 1.807) is 6.20 Å². The Kier molecular flexibility index (Phi) is 1.94. The van der Waals surface area contributed by atoms with Crippen molar-refractivity contribution in [3.63, 3.8) is 0 Å². The molecule has 0 aromatic carbocycles. The predicted molar refractivity (Wildman–Crippen MR) is 49.4 cm³/mol. The van der Waals surface area contributed by atoms with E-state index in [4.69, 9.17) is 0 Å². The highest BCUT2D eigenvalue weighted by molar-refractivity contribution is 5.84. The molecule has 2 atom stereocenters. The summed E-state index contributed by atoms with van der Waals surface area (Å²) in [5, 5.41) is 4.10. The van der Waals surface area contributed by atoms with Gasteiger partial charge in [0.15, 0.2) is 0 Å². The van der Waals surface area contributed by atoms with Gasteiger partial charge in [0.1, 0.15) is 5.78 Å². The smallest absolute Gasteiger partial charge is 0.136 e. The first kappa shape index (κ1) is 8.48. The predicted octanol–water partition coefficient (Wildman–Crippen LogP) is 1.50. The molecule has 0 spiro atoms. The summed E-state index contributed by atoms with van der Waals surface area (Å²) in [6, 6.07) is 2.01. The van der Waals surface area contributed by atoms with Crippen LogP contribution in [-0.4, -0.2) is 15.6 Å². The SMILES string of the molecule is CCC(=O)[C@@H]1CC1c1ccnn1C. The zero-order valence-corrected chi connectivity index (χ0v) is 8.03. The van der Waals surface area contributed by atoms with Crippen LogP contribution in [0.15, 0.2) is 12.3 Å². The molecule has 1 saturated carbocycles. The Bertz CT molecular complexity index is 329. The van der Waals surface area contributed by atoms with Crippen molar-refractivity contribution in [3.05, 3.63) is 18.0 Å². The number of nitrogens with zero attached hydrogens (tertiary/aromatic N) is 2. The molecule has 1 aliphatic carbocycles. The summed E-state index contributed by atoms with van der Waals surface area (Å²) < 4.78 is 1.87. The van der Waals surface area contributed by atoms with Crippen molar-refractivity contribution < 1.29 is 4.79 Å². The fourth-order valence-corrected chi connectivity index (χ4v) is 1.89. The minimum absolute atomic E-state index is 0.278. The number of rotatable bonds is 3. The van der Waals surface area contributed by atoms with Gasteiger partial charge in [0, 0.05) is 37.2 Å². The maximum atomic E-state index is 11.4. The molecule has 13 heavy (non-hydrogen) atoms. The second kappa shape index (κ2) is 2.98. The van der Waals surface area contributed by atoms with Gasteiger partial charge in [0.05, 0.1) is 0 Å². The average Bonchev–Trinajstić information content (AvgIpc) is 2.82. The number of hydrogen-bond acceptors (Lipinski definition) is 2. The van der Waals surface area contributed by atoms with E-state index in [0.29, 0.717) is 18.1 Å². The van der Waals surface area contributed by atoms with Crippen LogP contribution < -0.4 is 0 Å². The van der Waals surface area contributed by atoms with Gasteiger partial charge in [-0.05, 0) is 12.5 Å². The highest BCUT2D eigenvalue weighted by Gasteiger charge is 2.44. The Labute approximate surface area is 77.7 Å². The van der Waals surface area contributed by atoms with Crippen molar-refractivity contribution >= 4 is 5.78 Å². The standard InChI is InChI=1S/C10H14N2O/c1-3-10(13)8-6-7(8)9-4-5-11-12(9)2/h4-5,7-8H,3,6H2,1-2H3/t7?,8-/m1/s1. The van der Waals surface area contributed by atoms with Gasteiger partial charge in [-0.3, -0.25) is 9.48 Å². The minimum Gasteiger partial charge on any atom is -0.299 e. The normalized spacial score (nSPS) is 26.0. The summed E-state index contributed by atoms with van der Waals surface area (Å²) in [5.41, 5.74) is 1.20. The van der Waals surface area contributed by atoms with Gasteiger partial charge < -0.3 is 0 Å². The molecule has 0 aliphatic heterocycles. The average molecular weight is 178 g/mol. The molecule has 1 heterocycles. The maximum Gasteiger partial charge on any atom is 0.136 e. The van der Waals surface area contributed by atoms with Gasteiger partial charge in [-0.25, -0.2) is 0 Å². The number of ketones is 1. The van der Waals surface area contributed by atoms with Gasteiger partial charge in [-0.1, -0.05) is 6.92 Å². The summed E-state index contributed by atoms with van der Waals surface area (Å²) in [5.74, 6) is 1.12. The van der Waals surface area contributed by atoms with E-state index in [-0.39, 0.29) is 5.92 Å². The second-order valence-corrected chi connectivity index (χ2v) is 3.65. The van der Waals surface area contributed by atoms with E-state index in [1.165, 1.54) is 5.69 Å². The van der Waals surface area contributed by atoms with Crippen LogP contribution in [-0.2, 0) is 11.8 Å². The van der Waals surface area contributed by atoms with Gasteiger partial charge in [0.2, 0.25) is 0 Å². The van der Waals surface area contributed by atoms with Crippen LogP contribution in [0.1, 0.15) is 31.4 Å². The zero-order valence-electron chi connectivity index (χ0n) is 8.03. The van der Waals surface area contributed by atoms with Crippen LogP contribution in [0.25, 0.3) is 0 Å². The molecule has 2 rings (SSSR count). The van der Waals surface area contributed by atoms with Gasteiger partial charge in [-0.2, -0.15) is 5.10 Å². The number of carbonyl (C=O) groups is 1. The first-order chi connectivity index (χ1) is 6.24. The molecule has 1 fully saturated rings. The molecule has 0 N–H and O–H groups in total. The third kappa shape index (κ3) is 1.39. The van der Waals surface area contributed by atoms with Crippen molar-refractivity contribution in [3.8, 4) is 0 Å². The molecule has 1 unspecified atom stereocenters. The van der Waals surface area contributed by atoms with Gasteiger partial charge in [-0.15, -0.1) is 0 Å². The van der Waals surface area contributed by atoms with E-state index in [9.17, 15) is 4.79 Å². The number of carbonyl (C=O) groups excluding carboxylic acids is 1. The summed E-state index contributed by atoms with van der Waals surface area (Å²) in [7, 11) is 1.93. The van der Waals surface area contributed by atoms with E-state index < -0.39 is 0 Å². The fraction of sp³-hybridized carbons (Fsp3) is 0.600. The highest BCUT2D eigenvalue weighted by atomic mass is 16.1. The molecular formula is C10H14N2O. The Morgan fingerprint density at radius 1 is 1.77 bits per heavy atom. The molecule has 3 nitrogen and oxygen atoms in total. The van der Waals surface area contributed by atoms with Crippen LogP contribution in [0.3, 0.4) is 0 Å². The lowest BCUT2D eigenvalue weighted by Gasteiger charge is -1.99. The van der Waals surface area contributed by atoms with Crippen LogP contribution in [0.4, 0.5) is 0 Å². The topological polar surface area (TPSA) is 34.9 Å². The summed E-state index contributed by atoms with van der Waals surface area (Å²) >= 11 is 0. The van der Waals surface area contributed by atoms with Crippen LogP contribution in [0, 0.1) is 5.92 Å². The number of hydrogen-bond donors (Lipinski definition) is 0. The minimum atomic E-state index is 0.278. The summed E-state index contributed by atoms with van der Waals surface area (Å²) in [4.78, 5) is 11.4. The molecule has 0 saturated heterocycles. The van der Waals surface area contributed by atoms with Crippen LogP contribution in [0.2, 0.25) is 0 Å².